The number of hydrogen-bond acceptors (Lipinski definition) is 5. The number of carbonyl (C=O) groups excluding carboxylic acids is 2. The third-order valence-electron chi connectivity index (χ3n) is 8.21. The Morgan fingerprint density at radius 1 is 1.06 bits per heavy atom. The van der Waals surface area contributed by atoms with Crippen molar-refractivity contribution in [2.45, 2.75) is 57.2 Å². The first-order chi connectivity index (χ1) is 15.5. The van der Waals surface area contributed by atoms with Gasteiger partial charge in [0.05, 0.1) is 26.7 Å². The Bertz CT molecular complexity index is 845. The van der Waals surface area contributed by atoms with Gasteiger partial charge >= 0.3 is 0 Å². The highest BCUT2D eigenvalue weighted by molar-refractivity contribution is 5.89. The molecule has 32 heavy (non-hydrogen) atoms. The van der Waals surface area contributed by atoms with Gasteiger partial charge in [-0.1, -0.05) is 6.07 Å². The molecular weight excluding hydrogens is 406 g/mol. The van der Waals surface area contributed by atoms with Crippen molar-refractivity contribution in [3.05, 3.63) is 23.8 Å². The van der Waals surface area contributed by atoms with Gasteiger partial charge in [-0.15, -0.1) is 0 Å². The van der Waals surface area contributed by atoms with Crippen molar-refractivity contribution in [3.8, 4) is 11.5 Å². The van der Waals surface area contributed by atoms with E-state index in [1.165, 1.54) is 32.1 Å². The van der Waals surface area contributed by atoms with Crippen LogP contribution in [0.15, 0.2) is 18.2 Å². The van der Waals surface area contributed by atoms with E-state index in [9.17, 15) is 9.59 Å². The van der Waals surface area contributed by atoms with Crippen LogP contribution in [0.25, 0.3) is 0 Å². The Balaban J connectivity index is 1.24. The lowest BCUT2D eigenvalue weighted by Crippen LogP contribution is -2.59. The second-order valence-corrected chi connectivity index (χ2v) is 10.2. The summed E-state index contributed by atoms with van der Waals surface area (Å²) in [5.41, 5.74) is 1.03. The van der Waals surface area contributed by atoms with E-state index in [4.69, 9.17) is 9.47 Å². The van der Waals surface area contributed by atoms with Crippen LogP contribution in [0.4, 0.5) is 0 Å². The lowest BCUT2D eigenvalue weighted by atomic mass is 9.54. The van der Waals surface area contributed by atoms with Crippen molar-refractivity contribution < 1.29 is 19.1 Å². The Hall–Kier alpha value is -2.28. The van der Waals surface area contributed by atoms with E-state index in [1.54, 1.807) is 14.2 Å². The molecule has 1 saturated heterocycles. The van der Waals surface area contributed by atoms with Crippen LogP contribution in [0, 0.1) is 23.7 Å². The molecule has 2 N–H and O–H groups in total. The van der Waals surface area contributed by atoms with Gasteiger partial charge < -0.3 is 20.1 Å². The van der Waals surface area contributed by atoms with E-state index in [0.717, 1.165) is 23.9 Å². The van der Waals surface area contributed by atoms with E-state index in [-0.39, 0.29) is 18.2 Å². The van der Waals surface area contributed by atoms with Crippen molar-refractivity contribution in [2.75, 3.05) is 27.3 Å². The molecule has 2 amide bonds. The van der Waals surface area contributed by atoms with Gasteiger partial charge in [0.1, 0.15) is 0 Å². The fourth-order valence-electron chi connectivity index (χ4n) is 6.97. The summed E-state index contributed by atoms with van der Waals surface area (Å²) in [6, 6.07) is 5.66. The second-order valence-electron chi connectivity index (χ2n) is 10.2. The van der Waals surface area contributed by atoms with Crippen molar-refractivity contribution in [3.63, 3.8) is 0 Å². The zero-order valence-corrected chi connectivity index (χ0v) is 19.1. The number of benzene rings is 1. The van der Waals surface area contributed by atoms with Gasteiger partial charge in [0, 0.05) is 25.7 Å². The number of piperazine rings is 1. The standard InChI is InChI=1S/C25H35N3O4/c1-31-21-4-3-15(12-22(21)32-2)14-28-6-5-26-25(30)20(28)13-23(29)27-24-18-8-16-7-17(10-18)11-19(24)9-16/h3-4,12,16-20,24H,5-11,13-14H2,1-2H3,(H,26,30)(H,27,29). The van der Waals surface area contributed by atoms with Gasteiger partial charge in [0.25, 0.3) is 0 Å². The van der Waals surface area contributed by atoms with Crippen LogP contribution >= 0.6 is 0 Å². The molecule has 1 unspecified atom stereocenters. The quantitative estimate of drug-likeness (QED) is 0.679. The van der Waals surface area contributed by atoms with E-state index in [1.807, 2.05) is 18.2 Å². The minimum atomic E-state index is -0.450. The number of nitrogens with zero attached hydrogens (tertiary/aromatic N) is 1. The Morgan fingerprint density at radius 3 is 2.41 bits per heavy atom. The molecule has 4 aliphatic carbocycles. The number of methoxy groups -OCH3 is 2. The first kappa shape index (κ1) is 21.6. The molecule has 1 heterocycles. The average Bonchev–Trinajstić information content (AvgIpc) is 2.78. The van der Waals surface area contributed by atoms with E-state index >= 15 is 0 Å². The summed E-state index contributed by atoms with van der Waals surface area (Å²) in [4.78, 5) is 27.9. The molecule has 4 saturated carbocycles. The molecule has 174 valence electrons. The van der Waals surface area contributed by atoms with Gasteiger partial charge in [-0.05, 0) is 73.5 Å². The van der Waals surface area contributed by atoms with E-state index in [0.29, 0.717) is 42.5 Å². The first-order valence-electron chi connectivity index (χ1n) is 12.1. The van der Waals surface area contributed by atoms with E-state index < -0.39 is 6.04 Å². The summed E-state index contributed by atoms with van der Waals surface area (Å²) in [6.45, 7) is 1.90. The highest BCUT2D eigenvalue weighted by atomic mass is 16.5. The molecule has 6 rings (SSSR count). The third kappa shape index (κ3) is 4.19. The van der Waals surface area contributed by atoms with Gasteiger partial charge in [-0.25, -0.2) is 0 Å². The van der Waals surface area contributed by atoms with Crippen LogP contribution in [0.2, 0.25) is 0 Å². The average molecular weight is 442 g/mol. The largest absolute Gasteiger partial charge is 0.493 e. The van der Waals surface area contributed by atoms with Crippen LogP contribution in [-0.4, -0.2) is 56.1 Å². The molecule has 7 heteroatoms. The summed E-state index contributed by atoms with van der Waals surface area (Å²) in [5, 5.41) is 6.31. The van der Waals surface area contributed by atoms with E-state index in [2.05, 4.69) is 15.5 Å². The van der Waals surface area contributed by atoms with Gasteiger partial charge in [-0.2, -0.15) is 0 Å². The van der Waals surface area contributed by atoms with Crippen LogP contribution in [0.3, 0.4) is 0 Å². The van der Waals surface area contributed by atoms with Crippen LogP contribution < -0.4 is 20.1 Å². The highest BCUT2D eigenvalue weighted by Gasteiger charge is 2.48. The SMILES string of the molecule is COc1ccc(CN2CCNC(=O)C2CC(=O)NC2C3CC4CC(C3)CC2C4)cc1OC. The number of nitrogens with one attached hydrogen (secondary N) is 2. The monoisotopic (exact) mass is 441 g/mol. The molecule has 7 nitrogen and oxygen atoms in total. The normalized spacial score (nSPS) is 33.6. The molecule has 5 aliphatic rings. The summed E-state index contributed by atoms with van der Waals surface area (Å²) in [7, 11) is 3.23. The molecule has 1 aliphatic heterocycles. The summed E-state index contributed by atoms with van der Waals surface area (Å²) < 4.78 is 10.8. The van der Waals surface area contributed by atoms with Crippen molar-refractivity contribution in [1.82, 2.24) is 15.5 Å². The molecule has 1 aromatic rings. The first-order valence-corrected chi connectivity index (χ1v) is 12.1. The number of ether oxygens (including phenoxy) is 2. The lowest BCUT2D eigenvalue weighted by molar-refractivity contribution is -0.135. The highest BCUT2D eigenvalue weighted by Crippen LogP contribution is 2.53. The minimum Gasteiger partial charge on any atom is -0.493 e. The molecule has 0 radical (unpaired) electrons. The van der Waals surface area contributed by atoms with Crippen LogP contribution in [0.1, 0.15) is 44.1 Å². The topological polar surface area (TPSA) is 79.9 Å². The molecule has 5 fully saturated rings. The van der Waals surface area contributed by atoms with Gasteiger partial charge in [-0.3, -0.25) is 14.5 Å². The summed E-state index contributed by atoms with van der Waals surface area (Å²) in [6.07, 6.45) is 6.70. The van der Waals surface area contributed by atoms with Crippen molar-refractivity contribution >= 4 is 11.8 Å². The van der Waals surface area contributed by atoms with Gasteiger partial charge in [0.2, 0.25) is 11.8 Å². The van der Waals surface area contributed by atoms with Gasteiger partial charge in [0.15, 0.2) is 11.5 Å². The predicted molar refractivity (Wildman–Crippen MR) is 120 cm³/mol. The molecule has 1 atom stereocenters. The lowest BCUT2D eigenvalue weighted by Gasteiger charge is -2.54. The number of hydrogen-bond donors (Lipinski definition) is 2. The minimum absolute atomic E-state index is 0.0156. The molecule has 4 bridgehead atoms. The zero-order chi connectivity index (χ0) is 22.2. The van der Waals surface area contributed by atoms with Crippen LogP contribution in [-0.2, 0) is 16.1 Å². The predicted octanol–water partition coefficient (Wildman–Crippen LogP) is 2.34. The maximum atomic E-state index is 13.1. The smallest absolute Gasteiger partial charge is 0.237 e. The number of rotatable bonds is 7. The summed E-state index contributed by atoms with van der Waals surface area (Å²) in [5.74, 6) is 4.34. The Morgan fingerprint density at radius 2 is 1.75 bits per heavy atom. The Kier molecular flexibility index (Phi) is 6.01. The third-order valence-corrected chi connectivity index (χ3v) is 8.21. The fraction of sp³-hybridized carbons (Fsp3) is 0.680. The zero-order valence-electron chi connectivity index (χ0n) is 19.1. The number of amides is 2. The number of carbonyl (C=O) groups is 2. The second kappa shape index (κ2) is 8.93. The summed E-state index contributed by atoms with van der Waals surface area (Å²) >= 11 is 0. The van der Waals surface area contributed by atoms with Crippen molar-refractivity contribution in [2.24, 2.45) is 23.7 Å². The maximum absolute atomic E-state index is 13.1. The maximum Gasteiger partial charge on any atom is 0.237 e. The molecule has 1 aromatic carbocycles. The fourth-order valence-corrected chi connectivity index (χ4v) is 6.97. The molecule has 0 aromatic heterocycles. The Labute approximate surface area is 190 Å². The molecule has 0 spiro atoms. The molecular formula is C25H35N3O4. The van der Waals surface area contributed by atoms with Crippen LogP contribution in [0.5, 0.6) is 11.5 Å². The van der Waals surface area contributed by atoms with Crippen molar-refractivity contribution in [1.29, 1.82) is 0 Å².